The monoisotopic (exact) mass is 343 g/mol. The second-order valence-electron chi connectivity index (χ2n) is 6.29. The van der Waals surface area contributed by atoms with Gasteiger partial charge in [-0.05, 0) is 24.1 Å². The summed E-state index contributed by atoms with van der Waals surface area (Å²) in [7, 11) is 0. The van der Waals surface area contributed by atoms with Crippen LogP contribution < -0.4 is 5.73 Å². The zero-order valence-electron chi connectivity index (χ0n) is 13.9. The van der Waals surface area contributed by atoms with E-state index >= 15 is 0 Å². The molecule has 1 atom stereocenters. The highest BCUT2D eigenvalue weighted by atomic mass is 19.4. The van der Waals surface area contributed by atoms with Gasteiger partial charge in [-0.3, -0.25) is 9.69 Å². The summed E-state index contributed by atoms with van der Waals surface area (Å²) in [4.78, 5) is 16.2. The Morgan fingerprint density at radius 3 is 2.42 bits per heavy atom. The number of nitrogens with zero attached hydrogens (tertiary/aromatic N) is 2. The summed E-state index contributed by atoms with van der Waals surface area (Å²) in [6, 6.07) is 5.28. The number of halogens is 3. The van der Waals surface area contributed by atoms with E-state index in [1.807, 2.05) is 11.8 Å². The number of carbonyl (C=O) groups is 1. The molecule has 1 fully saturated rings. The first-order valence-electron chi connectivity index (χ1n) is 8.18. The van der Waals surface area contributed by atoms with Crippen LogP contribution in [0, 0.1) is 5.92 Å². The lowest BCUT2D eigenvalue weighted by Crippen LogP contribution is -2.40. The Labute approximate surface area is 140 Å². The average Bonchev–Trinajstić information content (AvgIpc) is 2.78. The Balaban J connectivity index is 1.91. The Hall–Kier alpha value is -1.60. The van der Waals surface area contributed by atoms with Crippen LogP contribution in [0.25, 0.3) is 0 Å². The van der Waals surface area contributed by atoms with Crippen LogP contribution in [0.1, 0.15) is 24.5 Å². The molecular formula is C17H24F3N3O. The van der Waals surface area contributed by atoms with Gasteiger partial charge in [0.05, 0.1) is 5.56 Å². The lowest BCUT2D eigenvalue weighted by atomic mass is 10.1. The van der Waals surface area contributed by atoms with Crippen molar-refractivity contribution in [1.29, 1.82) is 0 Å². The van der Waals surface area contributed by atoms with Gasteiger partial charge in [-0.15, -0.1) is 0 Å². The molecule has 1 heterocycles. The highest BCUT2D eigenvalue weighted by Crippen LogP contribution is 2.29. The second kappa shape index (κ2) is 7.98. The molecule has 0 aromatic heterocycles. The van der Waals surface area contributed by atoms with E-state index in [0.29, 0.717) is 32.7 Å². The molecule has 1 saturated heterocycles. The Morgan fingerprint density at radius 2 is 1.83 bits per heavy atom. The van der Waals surface area contributed by atoms with Gasteiger partial charge < -0.3 is 10.6 Å². The molecule has 0 radical (unpaired) electrons. The third-order valence-corrected chi connectivity index (χ3v) is 4.36. The van der Waals surface area contributed by atoms with Crippen LogP contribution in [0.4, 0.5) is 13.2 Å². The average molecular weight is 343 g/mol. The SMILES string of the molecule is CC(CN)C(=O)N1CCCN(Cc2ccc(C(F)(F)F)cc2)CC1. The van der Waals surface area contributed by atoms with Gasteiger partial charge in [0.25, 0.3) is 0 Å². The first-order valence-corrected chi connectivity index (χ1v) is 8.18. The van der Waals surface area contributed by atoms with Crippen molar-refractivity contribution in [2.24, 2.45) is 11.7 Å². The number of rotatable bonds is 4. The predicted molar refractivity (Wildman–Crippen MR) is 86.1 cm³/mol. The molecule has 1 amide bonds. The van der Waals surface area contributed by atoms with Crippen molar-refractivity contribution in [3.8, 4) is 0 Å². The summed E-state index contributed by atoms with van der Waals surface area (Å²) < 4.78 is 37.8. The summed E-state index contributed by atoms with van der Waals surface area (Å²) >= 11 is 0. The molecule has 2 rings (SSSR count). The van der Waals surface area contributed by atoms with Crippen molar-refractivity contribution in [1.82, 2.24) is 9.80 Å². The third kappa shape index (κ3) is 4.95. The van der Waals surface area contributed by atoms with Crippen LogP contribution >= 0.6 is 0 Å². The molecule has 0 spiro atoms. The molecule has 1 aromatic rings. The fourth-order valence-electron chi connectivity index (χ4n) is 2.82. The second-order valence-corrected chi connectivity index (χ2v) is 6.29. The van der Waals surface area contributed by atoms with Gasteiger partial charge in [0.1, 0.15) is 0 Å². The van der Waals surface area contributed by atoms with Gasteiger partial charge >= 0.3 is 6.18 Å². The summed E-state index contributed by atoms with van der Waals surface area (Å²) in [6.07, 6.45) is -3.45. The molecule has 1 aliphatic heterocycles. The maximum absolute atomic E-state index is 12.6. The Morgan fingerprint density at radius 1 is 1.17 bits per heavy atom. The standard InChI is InChI=1S/C17H24F3N3O/c1-13(11-21)16(24)23-8-2-7-22(9-10-23)12-14-3-5-15(6-4-14)17(18,19)20/h3-6,13H,2,7-12,21H2,1H3. The molecule has 2 N–H and O–H groups in total. The molecule has 0 aliphatic carbocycles. The van der Waals surface area contributed by atoms with Crippen LogP contribution in [-0.4, -0.2) is 48.4 Å². The predicted octanol–water partition coefficient (Wildman–Crippen LogP) is 2.33. The van der Waals surface area contributed by atoms with Gasteiger partial charge in [0.2, 0.25) is 5.91 Å². The highest BCUT2D eigenvalue weighted by Gasteiger charge is 2.30. The van der Waals surface area contributed by atoms with Crippen molar-refractivity contribution in [3.63, 3.8) is 0 Å². The number of alkyl halides is 3. The van der Waals surface area contributed by atoms with Crippen molar-refractivity contribution in [3.05, 3.63) is 35.4 Å². The van der Waals surface area contributed by atoms with E-state index < -0.39 is 11.7 Å². The van der Waals surface area contributed by atoms with Crippen molar-refractivity contribution in [2.75, 3.05) is 32.7 Å². The summed E-state index contributed by atoms with van der Waals surface area (Å²) in [6.45, 7) is 5.62. The van der Waals surface area contributed by atoms with Crippen LogP contribution in [0.2, 0.25) is 0 Å². The molecule has 1 aliphatic rings. The van der Waals surface area contributed by atoms with Crippen molar-refractivity contribution in [2.45, 2.75) is 26.1 Å². The quantitative estimate of drug-likeness (QED) is 0.913. The number of hydrogen-bond acceptors (Lipinski definition) is 3. The Bertz CT molecular complexity index is 545. The largest absolute Gasteiger partial charge is 0.416 e. The van der Waals surface area contributed by atoms with E-state index in [4.69, 9.17) is 5.73 Å². The summed E-state index contributed by atoms with van der Waals surface area (Å²) in [5, 5.41) is 0. The fourth-order valence-corrected chi connectivity index (χ4v) is 2.82. The van der Waals surface area contributed by atoms with E-state index in [1.165, 1.54) is 12.1 Å². The minimum Gasteiger partial charge on any atom is -0.341 e. The van der Waals surface area contributed by atoms with Gasteiger partial charge in [-0.25, -0.2) is 0 Å². The zero-order valence-corrected chi connectivity index (χ0v) is 13.9. The minimum absolute atomic E-state index is 0.0777. The van der Waals surface area contributed by atoms with E-state index in [-0.39, 0.29) is 11.8 Å². The maximum atomic E-state index is 12.6. The van der Waals surface area contributed by atoms with E-state index in [9.17, 15) is 18.0 Å². The normalized spacial score (nSPS) is 18.3. The molecule has 1 unspecified atom stereocenters. The number of carbonyl (C=O) groups excluding carboxylic acids is 1. The number of amides is 1. The molecule has 134 valence electrons. The van der Waals surface area contributed by atoms with E-state index in [1.54, 1.807) is 0 Å². The van der Waals surface area contributed by atoms with E-state index in [0.717, 1.165) is 30.7 Å². The van der Waals surface area contributed by atoms with Crippen molar-refractivity contribution >= 4 is 5.91 Å². The van der Waals surface area contributed by atoms with Gasteiger partial charge in [0.15, 0.2) is 0 Å². The Kier molecular flexibility index (Phi) is 6.23. The van der Waals surface area contributed by atoms with Crippen LogP contribution in [0.5, 0.6) is 0 Å². The fraction of sp³-hybridized carbons (Fsp3) is 0.588. The summed E-state index contributed by atoms with van der Waals surface area (Å²) in [5.41, 5.74) is 5.77. The molecule has 24 heavy (non-hydrogen) atoms. The number of nitrogens with two attached hydrogens (primary N) is 1. The molecule has 4 nitrogen and oxygen atoms in total. The number of benzene rings is 1. The lowest BCUT2D eigenvalue weighted by molar-refractivity contribution is -0.137. The third-order valence-electron chi connectivity index (χ3n) is 4.36. The highest BCUT2D eigenvalue weighted by molar-refractivity contribution is 5.78. The van der Waals surface area contributed by atoms with E-state index in [2.05, 4.69) is 4.90 Å². The van der Waals surface area contributed by atoms with Gasteiger partial charge in [-0.1, -0.05) is 19.1 Å². The maximum Gasteiger partial charge on any atom is 0.416 e. The first-order chi connectivity index (χ1) is 11.3. The first kappa shape index (κ1) is 18.7. The lowest BCUT2D eigenvalue weighted by Gasteiger charge is -2.24. The van der Waals surface area contributed by atoms with Gasteiger partial charge in [-0.2, -0.15) is 13.2 Å². The smallest absolute Gasteiger partial charge is 0.341 e. The van der Waals surface area contributed by atoms with Gasteiger partial charge in [0, 0.05) is 45.2 Å². The number of hydrogen-bond donors (Lipinski definition) is 1. The minimum atomic E-state index is -4.30. The molecule has 7 heteroatoms. The molecule has 1 aromatic carbocycles. The molecule has 0 bridgehead atoms. The van der Waals surface area contributed by atoms with Crippen LogP contribution in [0.15, 0.2) is 24.3 Å². The molecular weight excluding hydrogens is 319 g/mol. The topological polar surface area (TPSA) is 49.6 Å². The van der Waals surface area contributed by atoms with Crippen LogP contribution in [-0.2, 0) is 17.5 Å². The molecule has 0 saturated carbocycles. The summed E-state index contributed by atoms with van der Waals surface area (Å²) in [5.74, 6) is -0.0969. The van der Waals surface area contributed by atoms with Crippen LogP contribution in [0.3, 0.4) is 0 Å². The zero-order chi connectivity index (χ0) is 17.7. The van der Waals surface area contributed by atoms with Crippen molar-refractivity contribution < 1.29 is 18.0 Å².